The Morgan fingerprint density at radius 2 is 1.95 bits per heavy atom. The molecule has 0 atom stereocenters. The molecule has 1 aromatic heterocycles. The van der Waals surface area contributed by atoms with E-state index in [0.29, 0.717) is 5.69 Å². The third kappa shape index (κ3) is 3.06. The molecule has 0 radical (unpaired) electrons. The molecule has 5 nitrogen and oxygen atoms in total. The van der Waals surface area contributed by atoms with E-state index in [-0.39, 0.29) is 24.6 Å². The van der Waals surface area contributed by atoms with Gasteiger partial charge < -0.3 is 14.4 Å². The molecule has 2 rings (SSSR count). The van der Waals surface area contributed by atoms with E-state index in [1.807, 2.05) is 25.1 Å². The molecule has 2 aromatic rings. The number of hydrogen-bond acceptors (Lipinski definition) is 3. The maximum atomic E-state index is 12.4. The van der Waals surface area contributed by atoms with Crippen LogP contribution in [0.4, 0.5) is 5.69 Å². The van der Waals surface area contributed by atoms with Crippen molar-refractivity contribution >= 4 is 17.6 Å². The Bertz CT molecular complexity index is 604. The molecule has 1 amide bonds. The lowest BCUT2D eigenvalue weighted by atomic mass is 10.1. The van der Waals surface area contributed by atoms with Crippen LogP contribution >= 0.6 is 0 Å². The number of anilines is 1. The van der Waals surface area contributed by atoms with Crippen molar-refractivity contribution in [2.45, 2.75) is 13.3 Å². The average Bonchev–Trinajstić information content (AvgIpc) is 2.94. The highest BCUT2D eigenvalue weighted by atomic mass is 16.4. The van der Waals surface area contributed by atoms with E-state index in [4.69, 9.17) is 9.52 Å². The maximum Gasteiger partial charge on any atom is 0.305 e. The first-order chi connectivity index (χ1) is 9.59. The minimum absolute atomic E-state index is 0.0969. The number of carbonyl (C=O) groups is 2. The molecule has 1 N–H and O–H groups in total. The van der Waals surface area contributed by atoms with Gasteiger partial charge in [-0.15, -0.1) is 0 Å². The fourth-order valence-corrected chi connectivity index (χ4v) is 1.94. The van der Waals surface area contributed by atoms with Crippen molar-refractivity contribution in [1.29, 1.82) is 0 Å². The van der Waals surface area contributed by atoms with Crippen LogP contribution in [-0.2, 0) is 4.79 Å². The number of para-hydroxylation sites is 1. The van der Waals surface area contributed by atoms with Crippen LogP contribution in [-0.4, -0.2) is 23.5 Å². The van der Waals surface area contributed by atoms with Crippen molar-refractivity contribution in [3.63, 3.8) is 0 Å². The van der Waals surface area contributed by atoms with Gasteiger partial charge in [-0.1, -0.05) is 18.2 Å². The minimum atomic E-state index is -0.948. The number of carboxylic acids is 1. The highest BCUT2D eigenvalue weighted by Crippen LogP contribution is 2.22. The SMILES string of the molecule is Cc1ccccc1N(CCC(=O)O)C(=O)c1ccco1. The van der Waals surface area contributed by atoms with Crippen LogP contribution in [0.2, 0.25) is 0 Å². The molecular weight excluding hydrogens is 258 g/mol. The lowest BCUT2D eigenvalue weighted by molar-refractivity contribution is -0.136. The smallest absolute Gasteiger partial charge is 0.305 e. The van der Waals surface area contributed by atoms with E-state index in [1.54, 1.807) is 18.2 Å². The number of furan rings is 1. The molecule has 5 heteroatoms. The molecular formula is C15H15NO4. The van der Waals surface area contributed by atoms with Crippen LogP contribution in [0.25, 0.3) is 0 Å². The third-order valence-corrected chi connectivity index (χ3v) is 2.93. The summed E-state index contributed by atoms with van der Waals surface area (Å²) in [5.74, 6) is -1.10. The topological polar surface area (TPSA) is 70.8 Å². The highest BCUT2D eigenvalue weighted by molar-refractivity contribution is 6.04. The zero-order valence-corrected chi connectivity index (χ0v) is 11.1. The van der Waals surface area contributed by atoms with E-state index >= 15 is 0 Å². The summed E-state index contributed by atoms with van der Waals surface area (Å²) in [5.41, 5.74) is 1.59. The molecule has 0 aliphatic heterocycles. The van der Waals surface area contributed by atoms with Crippen molar-refractivity contribution in [2.24, 2.45) is 0 Å². The summed E-state index contributed by atoms with van der Waals surface area (Å²) in [6.07, 6.45) is 1.29. The standard InChI is InChI=1S/C15H15NO4/c1-11-5-2-3-6-12(11)16(9-8-14(17)18)15(19)13-7-4-10-20-13/h2-7,10H,8-9H2,1H3,(H,17,18). The number of amides is 1. The molecule has 0 fully saturated rings. The Morgan fingerprint density at radius 3 is 2.55 bits per heavy atom. The first kappa shape index (κ1) is 13.9. The van der Waals surface area contributed by atoms with E-state index < -0.39 is 5.97 Å². The summed E-state index contributed by atoms with van der Waals surface area (Å²) < 4.78 is 5.11. The first-order valence-corrected chi connectivity index (χ1v) is 6.22. The molecule has 0 unspecified atom stereocenters. The van der Waals surface area contributed by atoms with Gasteiger partial charge in [0.2, 0.25) is 0 Å². The number of aliphatic carboxylic acids is 1. The second-order valence-electron chi connectivity index (χ2n) is 4.36. The molecule has 0 spiro atoms. The van der Waals surface area contributed by atoms with Gasteiger partial charge in [-0.05, 0) is 30.7 Å². The van der Waals surface area contributed by atoms with Crippen molar-refractivity contribution in [3.05, 3.63) is 54.0 Å². The molecule has 20 heavy (non-hydrogen) atoms. The van der Waals surface area contributed by atoms with E-state index in [9.17, 15) is 9.59 Å². The Hall–Kier alpha value is -2.56. The van der Waals surface area contributed by atoms with Crippen LogP contribution in [0.15, 0.2) is 47.1 Å². The van der Waals surface area contributed by atoms with Gasteiger partial charge in [-0.3, -0.25) is 9.59 Å². The zero-order chi connectivity index (χ0) is 14.5. The summed E-state index contributed by atoms with van der Waals surface area (Å²) in [6, 6.07) is 10.5. The molecule has 0 bridgehead atoms. The molecule has 104 valence electrons. The van der Waals surface area contributed by atoms with Crippen molar-refractivity contribution in [2.75, 3.05) is 11.4 Å². The van der Waals surface area contributed by atoms with Crippen LogP contribution in [0.1, 0.15) is 22.5 Å². The Labute approximate surface area is 116 Å². The average molecular weight is 273 g/mol. The number of benzene rings is 1. The predicted molar refractivity (Wildman–Crippen MR) is 73.8 cm³/mol. The monoisotopic (exact) mass is 273 g/mol. The maximum absolute atomic E-state index is 12.4. The zero-order valence-electron chi connectivity index (χ0n) is 11.1. The molecule has 0 aliphatic rings. The molecule has 0 saturated heterocycles. The number of carboxylic acid groups (broad SMARTS) is 1. The Morgan fingerprint density at radius 1 is 1.20 bits per heavy atom. The van der Waals surface area contributed by atoms with Crippen molar-refractivity contribution in [3.8, 4) is 0 Å². The number of hydrogen-bond donors (Lipinski definition) is 1. The van der Waals surface area contributed by atoms with Gasteiger partial charge in [-0.25, -0.2) is 0 Å². The summed E-state index contributed by atoms with van der Waals surface area (Å²) in [7, 11) is 0. The number of aryl methyl sites for hydroxylation is 1. The largest absolute Gasteiger partial charge is 0.481 e. The fourth-order valence-electron chi connectivity index (χ4n) is 1.94. The lowest BCUT2D eigenvalue weighted by Gasteiger charge is -2.22. The van der Waals surface area contributed by atoms with Gasteiger partial charge in [0, 0.05) is 12.2 Å². The number of rotatable bonds is 5. The molecule has 1 aromatic carbocycles. The van der Waals surface area contributed by atoms with Crippen molar-refractivity contribution in [1.82, 2.24) is 0 Å². The van der Waals surface area contributed by atoms with Crippen LogP contribution in [0, 0.1) is 6.92 Å². The van der Waals surface area contributed by atoms with Gasteiger partial charge in [-0.2, -0.15) is 0 Å². The third-order valence-electron chi connectivity index (χ3n) is 2.93. The van der Waals surface area contributed by atoms with Gasteiger partial charge in [0.25, 0.3) is 5.91 Å². The van der Waals surface area contributed by atoms with Crippen molar-refractivity contribution < 1.29 is 19.1 Å². The summed E-state index contributed by atoms with van der Waals surface area (Å²) in [6.45, 7) is 1.97. The van der Waals surface area contributed by atoms with E-state index in [1.165, 1.54) is 11.2 Å². The fraction of sp³-hybridized carbons (Fsp3) is 0.200. The van der Waals surface area contributed by atoms with Gasteiger partial charge in [0.05, 0.1) is 12.7 Å². The van der Waals surface area contributed by atoms with Gasteiger partial charge in [0.1, 0.15) is 0 Å². The quantitative estimate of drug-likeness (QED) is 0.909. The second-order valence-corrected chi connectivity index (χ2v) is 4.36. The second kappa shape index (κ2) is 6.06. The normalized spacial score (nSPS) is 10.2. The van der Waals surface area contributed by atoms with Crippen LogP contribution in [0.5, 0.6) is 0 Å². The highest BCUT2D eigenvalue weighted by Gasteiger charge is 2.21. The summed E-state index contributed by atoms with van der Waals surface area (Å²) >= 11 is 0. The molecule has 0 aliphatic carbocycles. The van der Waals surface area contributed by atoms with E-state index in [0.717, 1.165) is 5.56 Å². The summed E-state index contributed by atoms with van der Waals surface area (Å²) in [5, 5.41) is 8.83. The minimum Gasteiger partial charge on any atom is -0.481 e. The van der Waals surface area contributed by atoms with Gasteiger partial charge >= 0.3 is 5.97 Å². The predicted octanol–water partition coefficient (Wildman–Crippen LogP) is 2.71. The molecule has 1 heterocycles. The Balaban J connectivity index is 2.32. The number of nitrogens with zero attached hydrogens (tertiary/aromatic N) is 1. The Kier molecular flexibility index (Phi) is 4.20. The first-order valence-electron chi connectivity index (χ1n) is 6.22. The number of carbonyl (C=O) groups excluding carboxylic acids is 1. The molecule has 0 saturated carbocycles. The van der Waals surface area contributed by atoms with E-state index in [2.05, 4.69) is 0 Å². The lowest BCUT2D eigenvalue weighted by Crippen LogP contribution is -2.33. The van der Waals surface area contributed by atoms with Crippen LogP contribution < -0.4 is 4.90 Å². The summed E-state index contributed by atoms with van der Waals surface area (Å²) in [4.78, 5) is 24.6. The van der Waals surface area contributed by atoms with Crippen LogP contribution in [0.3, 0.4) is 0 Å². The van der Waals surface area contributed by atoms with Gasteiger partial charge in [0.15, 0.2) is 5.76 Å².